The number of amides is 2. The van der Waals surface area contributed by atoms with Crippen LogP contribution in [-0.2, 0) is 19.1 Å². The Morgan fingerprint density at radius 1 is 1.19 bits per heavy atom. The molecule has 1 unspecified atom stereocenters. The number of hydrogen-bond donors (Lipinski definition) is 0. The van der Waals surface area contributed by atoms with Gasteiger partial charge in [0.15, 0.2) is 0 Å². The molecule has 2 fully saturated rings. The molecule has 0 bridgehead atoms. The number of hydrogen-bond acceptors (Lipinski definition) is 4. The third-order valence-corrected chi connectivity index (χ3v) is 3.19. The molecule has 5 nitrogen and oxygen atoms in total. The molecule has 0 aromatic rings. The smallest absolute Gasteiger partial charge is 0.255 e. The van der Waals surface area contributed by atoms with E-state index < -0.39 is 0 Å². The van der Waals surface area contributed by atoms with Crippen LogP contribution in [0.15, 0.2) is 0 Å². The SMILES string of the molecule is O=C1CCCC1CCN1C(=O)COCC1=O. The third kappa shape index (κ3) is 2.29. The monoisotopic (exact) mass is 225 g/mol. The van der Waals surface area contributed by atoms with Crippen LogP contribution in [0.3, 0.4) is 0 Å². The Labute approximate surface area is 93.7 Å². The predicted octanol–water partition coefficient (Wildman–Crippen LogP) is 0.131. The summed E-state index contributed by atoms with van der Waals surface area (Å²) >= 11 is 0. The van der Waals surface area contributed by atoms with Crippen molar-refractivity contribution in [1.82, 2.24) is 4.90 Å². The summed E-state index contributed by atoms with van der Waals surface area (Å²) in [5.41, 5.74) is 0. The van der Waals surface area contributed by atoms with E-state index in [1.807, 2.05) is 0 Å². The van der Waals surface area contributed by atoms with Gasteiger partial charge in [-0.2, -0.15) is 0 Å². The zero-order valence-corrected chi connectivity index (χ0v) is 9.11. The van der Waals surface area contributed by atoms with Gasteiger partial charge in [-0.1, -0.05) is 0 Å². The van der Waals surface area contributed by atoms with Crippen molar-refractivity contribution in [3.8, 4) is 0 Å². The summed E-state index contributed by atoms with van der Waals surface area (Å²) in [6.07, 6.45) is 3.09. The lowest BCUT2D eigenvalue weighted by molar-refractivity contribution is -0.158. The van der Waals surface area contributed by atoms with Crippen molar-refractivity contribution in [2.24, 2.45) is 5.92 Å². The quantitative estimate of drug-likeness (QED) is 0.640. The molecule has 1 aliphatic heterocycles. The standard InChI is InChI=1S/C11H15NO4/c13-9-3-1-2-8(9)4-5-12-10(14)6-16-7-11(12)15/h8H,1-7H2. The maximum atomic E-state index is 11.4. The molecular formula is C11H15NO4. The highest BCUT2D eigenvalue weighted by atomic mass is 16.5. The van der Waals surface area contributed by atoms with Crippen molar-refractivity contribution in [3.63, 3.8) is 0 Å². The lowest BCUT2D eigenvalue weighted by atomic mass is 10.0. The van der Waals surface area contributed by atoms with Crippen LogP contribution < -0.4 is 0 Å². The molecule has 1 saturated heterocycles. The Balaban J connectivity index is 1.86. The number of carbonyl (C=O) groups excluding carboxylic acids is 3. The fourth-order valence-corrected chi connectivity index (χ4v) is 2.25. The zero-order chi connectivity index (χ0) is 11.5. The van der Waals surface area contributed by atoms with Crippen LogP contribution in [0, 0.1) is 5.92 Å². The number of carbonyl (C=O) groups is 3. The van der Waals surface area contributed by atoms with Crippen molar-refractivity contribution >= 4 is 17.6 Å². The van der Waals surface area contributed by atoms with Gasteiger partial charge < -0.3 is 4.74 Å². The number of Topliss-reactive ketones (excluding diaryl/α,β-unsaturated/α-hetero) is 1. The second-order valence-electron chi connectivity index (χ2n) is 4.28. The Morgan fingerprint density at radius 2 is 1.88 bits per heavy atom. The maximum Gasteiger partial charge on any atom is 0.255 e. The second-order valence-corrected chi connectivity index (χ2v) is 4.28. The van der Waals surface area contributed by atoms with Gasteiger partial charge in [0.25, 0.3) is 11.8 Å². The average Bonchev–Trinajstić information content (AvgIpc) is 2.64. The van der Waals surface area contributed by atoms with Gasteiger partial charge in [-0.15, -0.1) is 0 Å². The molecule has 5 heteroatoms. The second kappa shape index (κ2) is 4.74. The summed E-state index contributed by atoms with van der Waals surface area (Å²) < 4.78 is 4.81. The van der Waals surface area contributed by atoms with Gasteiger partial charge in [-0.25, -0.2) is 0 Å². The minimum Gasteiger partial charge on any atom is -0.362 e. The molecule has 0 aromatic carbocycles. The summed E-state index contributed by atoms with van der Waals surface area (Å²) in [6.45, 7) is 0.312. The molecular weight excluding hydrogens is 210 g/mol. The van der Waals surface area contributed by atoms with E-state index in [2.05, 4.69) is 0 Å². The Morgan fingerprint density at radius 3 is 2.44 bits per heavy atom. The van der Waals surface area contributed by atoms with Gasteiger partial charge in [0.1, 0.15) is 19.0 Å². The summed E-state index contributed by atoms with van der Waals surface area (Å²) in [4.78, 5) is 35.4. The third-order valence-electron chi connectivity index (χ3n) is 3.19. The number of rotatable bonds is 3. The van der Waals surface area contributed by atoms with E-state index in [1.54, 1.807) is 0 Å². The van der Waals surface area contributed by atoms with Gasteiger partial charge in [-0.05, 0) is 19.3 Å². The van der Waals surface area contributed by atoms with Gasteiger partial charge in [0.05, 0.1) is 0 Å². The molecule has 16 heavy (non-hydrogen) atoms. The fourth-order valence-electron chi connectivity index (χ4n) is 2.25. The lowest BCUT2D eigenvalue weighted by Crippen LogP contribution is -2.46. The first kappa shape index (κ1) is 11.3. The van der Waals surface area contributed by atoms with Crippen LogP contribution in [0.2, 0.25) is 0 Å². The largest absolute Gasteiger partial charge is 0.362 e. The first-order chi connectivity index (χ1) is 7.68. The number of imide groups is 1. The minimum absolute atomic E-state index is 0.0235. The number of ether oxygens (including phenoxy) is 1. The van der Waals surface area contributed by atoms with Crippen molar-refractivity contribution in [1.29, 1.82) is 0 Å². The number of ketones is 1. The van der Waals surface area contributed by atoms with Gasteiger partial charge in [-0.3, -0.25) is 19.3 Å². The normalized spacial score (nSPS) is 26.6. The van der Waals surface area contributed by atoms with E-state index >= 15 is 0 Å². The van der Waals surface area contributed by atoms with Crippen LogP contribution in [0.5, 0.6) is 0 Å². The van der Waals surface area contributed by atoms with Gasteiger partial charge in [0, 0.05) is 18.9 Å². The first-order valence-corrected chi connectivity index (χ1v) is 5.62. The molecule has 0 radical (unpaired) electrons. The Bertz CT molecular complexity index is 310. The van der Waals surface area contributed by atoms with Crippen LogP contribution in [0.1, 0.15) is 25.7 Å². The molecule has 0 N–H and O–H groups in total. The predicted molar refractivity (Wildman–Crippen MR) is 54.5 cm³/mol. The Hall–Kier alpha value is -1.23. The molecule has 0 aromatic heterocycles. The fraction of sp³-hybridized carbons (Fsp3) is 0.727. The van der Waals surface area contributed by atoms with Crippen LogP contribution >= 0.6 is 0 Å². The van der Waals surface area contributed by atoms with E-state index in [0.717, 1.165) is 12.8 Å². The van der Waals surface area contributed by atoms with Gasteiger partial charge >= 0.3 is 0 Å². The van der Waals surface area contributed by atoms with E-state index in [-0.39, 0.29) is 36.7 Å². The van der Waals surface area contributed by atoms with Crippen LogP contribution in [0.4, 0.5) is 0 Å². The summed E-state index contributed by atoms with van der Waals surface area (Å²) in [7, 11) is 0. The van der Waals surface area contributed by atoms with Gasteiger partial charge in [0.2, 0.25) is 0 Å². The highest BCUT2D eigenvalue weighted by Gasteiger charge is 2.29. The maximum absolute atomic E-state index is 11.4. The first-order valence-electron chi connectivity index (χ1n) is 5.62. The molecule has 1 heterocycles. The number of morpholine rings is 1. The topological polar surface area (TPSA) is 63.7 Å². The molecule has 1 atom stereocenters. The molecule has 1 saturated carbocycles. The van der Waals surface area contributed by atoms with E-state index in [9.17, 15) is 14.4 Å². The molecule has 2 amide bonds. The molecule has 1 aliphatic carbocycles. The number of nitrogens with zero attached hydrogens (tertiary/aromatic N) is 1. The van der Waals surface area contributed by atoms with Crippen LogP contribution in [-0.4, -0.2) is 42.3 Å². The highest BCUT2D eigenvalue weighted by Crippen LogP contribution is 2.24. The van der Waals surface area contributed by atoms with Crippen molar-refractivity contribution in [3.05, 3.63) is 0 Å². The van der Waals surface area contributed by atoms with E-state index in [1.165, 1.54) is 4.90 Å². The van der Waals surface area contributed by atoms with E-state index in [4.69, 9.17) is 4.74 Å². The molecule has 2 rings (SSSR count). The lowest BCUT2D eigenvalue weighted by Gasteiger charge is -2.25. The summed E-state index contributed by atoms with van der Waals surface area (Å²) in [5, 5.41) is 0. The Kier molecular flexibility index (Phi) is 3.33. The summed E-state index contributed by atoms with van der Waals surface area (Å²) in [5.74, 6) is -0.264. The zero-order valence-electron chi connectivity index (χ0n) is 9.11. The van der Waals surface area contributed by atoms with Crippen molar-refractivity contribution in [2.75, 3.05) is 19.8 Å². The minimum atomic E-state index is -0.290. The average molecular weight is 225 g/mol. The van der Waals surface area contributed by atoms with Crippen molar-refractivity contribution < 1.29 is 19.1 Å². The van der Waals surface area contributed by atoms with E-state index in [0.29, 0.717) is 19.4 Å². The summed E-state index contributed by atoms with van der Waals surface area (Å²) in [6, 6.07) is 0. The van der Waals surface area contributed by atoms with Crippen molar-refractivity contribution in [2.45, 2.75) is 25.7 Å². The van der Waals surface area contributed by atoms with Crippen LogP contribution in [0.25, 0.3) is 0 Å². The molecule has 88 valence electrons. The molecule has 0 spiro atoms. The highest BCUT2D eigenvalue weighted by molar-refractivity contribution is 5.98. The molecule has 2 aliphatic rings.